The maximum atomic E-state index is 12.9. The van der Waals surface area contributed by atoms with Gasteiger partial charge in [0.25, 0.3) is 5.91 Å². The summed E-state index contributed by atoms with van der Waals surface area (Å²) in [6.45, 7) is 3.89. The zero-order chi connectivity index (χ0) is 18.7. The second-order valence-electron chi connectivity index (χ2n) is 6.49. The first kappa shape index (κ1) is 18.4. The van der Waals surface area contributed by atoms with Gasteiger partial charge in [-0.3, -0.25) is 4.79 Å². The number of carbonyl (C=O) groups is 1. The highest BCUT2D eigenvalue weighted by atomic mass is 32.1. The van der Waals surface area contributed by atoms with Crippen LogP contribution in [0.15, 0.2) is 48.5 Å². The first-order valence-electron chi connectivity index (χ1n) is 8.29. The molecule has 0 spiro atoms. The predicted molar refractivity (Wildman–Crippen MR) is 104 cm³/mol. The van der Waals surface area contributed by atoms with Crippen LogP contribution in [0.4, 0.5) is 0 Å². The minimum absolute atomic E-state index is 0.218. The number of ether oxygens (including phenoxy) is 2. The van der Waals surface area contributed by atoms with Crippen molar-refractivity contribution in [3.63, 3.8) is 0 Å². The fraction of sp³-hybridized carbons (Fsp3) is 0.300. The summed E-state index contributed by atoms with van der Waals surface area (Å²) >= 11 is 1.58. The molecule has 0 radical (unpaired) electrons. The fourth-order valence-electron chi connectivity index (χ4n) is 2.77. The number of aromatic nitrogens is 1. The van der Waals surface area contributed by atoms with E-state index in [9.17, 15) is 4.79 Å². The van der Waals surface area contributed by atoms with Crippen molar-refractivity contribution < 1.29 is 14.3 Å². The average Bonchev–Trinajstić information content (AvgIpc) is 3.07. The molecule has 0 aliphatic rings. The molecular weight excluding hydrogens is 348 g/mol. The lowest BCUT2D eigenvalue weighted by atomic mass is 10.0. The van der Waals surface area contributed by atoms with Gasteiger partial charge in [-0.05, 0) is 43.7 Å². The Morgan fingerprint density at radius 2 is 1.92 bits per heavy atom. The predicted octanol–water partition coefficient (Wildman–Crippen LogP) is 4.04. The number of benzene rings is 2. The topological polar surface area (TPSA) is 60.5 Å². The number of carbonyl (C=O) groups excluding carboxylic acids is 1. The van der Waals surface area contributed by atoms with E-state index < -0.39 is 11.6 Å². The molecule has 136 valence electrons. The molecule has 3 rings (SSSR count). The van der Waals surface area contributed by atoms with Crippen LogP contribution < -0.4 is 10.1 Å². The number of para-hydroxylation sites is 1. The molecule has 0 saturated heterocycles. The molecule has 5 nitrogen and oxygen atoms in total. The van der Waals surface area contributed by atoms with Crippen LogP contribution in [-0.4, -0.2) is 25.1 Å². The minimum atomic E-state index is -0.723. The van der Waals surface area contributed by atoms with Gasteiger partial charge in [0.15, 0.2) is 6.10 Å². The normalized spacial score (nSPS) is 12.8. The zero-order valence-electron chi connectivity index (χ0n) is 15.3. The molecule has 0 aliphatic carbocycles. The summed E-state index contributed by atoms with van der Waals surface area (Å²) in [5, 5.41) is 3.92. The molecule has 1 amide bonds. The van der Waals surface area contributed by atoms with Crippen LogP contribution in [0, 0.1) is 0 Å². The maximum absolute atomic E-state index is 12.9. The summed E-state index contributed by atoms with van der Waals surface area (Å²) in [7, 11) is 3.12. The van der Waals surface area contributed by atoms with Gasteiger partial charge >= 0.3 is 0 Å². The highest BCUT2D eigenvalue weighted by molar-refractivity contribution is 7.18. The number of methoxy groups -OCH3 is 2. The summed E-state index contributed by atoms with van der Waals surface area (Å²) in [5.41, 5.74) is 1.06. The Bertz CT molecular complexity index is 887. The van der Waals surface area contributed by atoms with Crippen molar-refractivity contribution in [3.8, 4) is 5.75 Å². The second kappa shape index (κ2) is 7.43. The van der Waals surface area contributed by atoms with Crippen LogP contribution >= 0.6 is 11.3 Å². The summed E-state index contributed by atoms with van der Waals surface area (Å²) in [4.78, 5) is 17.5. The van der Waals surface area contributed by atoms with Crippen LogP contribution in [0.5, 0.6) is 5.75 Å². The second-order valence-corrected chi connectivity index (χ2v) is 7.52. The number of amides is 1. The minimum Gasteiger partial charge on any atom is -0.497 e. The lowest BCUT2D eigenvalue weighted by Crippen LogP contribution is -2.43. The van der Waals surface area contributed by atoms with E-state index in [1.807, 2.05) is 56.3 Å². The molecule has 0 bridgehead atoms. The Morgan fingerprint density at radius 3 is 2.62 bits per heavy atom. The van der Waals surface area contributed by atoms with Gasteiger partial charge in [-0.15, -0.1) is 11.3 Å². The smallest absolute Gasteiger partial charge is 0.254 e. The summed E-state index contributed by atoms with van der Waals surface area (Å²) in [5.74, 6) is 0.466. The molecule has 1 N–H and O–H groups in total. The number of hydrogen-bond donors (Lipinski definition) is 1. The van der Waals surface area contributed by atoms with Gasteiger partial charge in [-0.2, -0.15) is 0 Å². The Labute approximate surface area is 157 Å². The van der Waals surface area contributed by atoms with Gasteiger partial charge < -0.3 is 14.8 Å². The van der Waals surface area contributed by atoms with E-state index in [2.05, 4.69) is 10.3 Å². The number of nitrogens with one attached hydrogen (secondary N) is 1. The molecule has 1 aromatic heterocycles. The molecule has 26 heavy (non-hydrogen) atoms. The highest BCUT2D eigenvalue weighted by Crippen LogP contribution is 2.31. The molecule has 1 unspecified atom stereocenters. The highest BCUT2D eigenvalue weighted by Gasteiger charge is 2.31. The van der Waals surface area contributed by atoms with Crippen LogP contribution in [0.1, 0.15) is 30.5 Å². The number of hydrogen-bond acceptors (Lipinski definition) is 5. The van der Waals surface area contributed by atoms with E-state index in [-0.39, 0.29) is 5.91 Å². The number of fused-ring (bicyclic) bond motifs is 1. The van der Waals surface area contributed by atoms with Gasteiger partial charge in [-0.25, -0.2) is 4.98 Å². The average molecular weight is 370 g/mol. The van der Waals surface area contributed by atoms with Gasteiger partial charge in [0, 0.05) is 7.11 Å². The van der Waals surface area contributed by atoms with Gasteiger partial charge in [0.05, 0.1) is 22.9 Å². The maximum Gasteiger partial charge on any atom is 0.254 e. The summed E-state index contributed by atoms with van der Waals surface area (Å²) < 4.78 is 11.8. The summed E-state index contributed by atoms with van der Waals surface area (Å²) in [6.07, 6.45) is -0.723. The van der Waals surface area contributed by atoms with Crippen LogP contribution in [0.3, 0.4) is 0 Å². The van der Waals surface area contributed by atoms with Gasteiger partial charge in [0.1, 0.15) is 10.8 Å². The quantitative estimate of drug-likeness (QED) is 0.711. The van der Waals surface area contributed by atoms with Crippen molar-refractivity contribution in [1.29, 1.82) is 0 Å². The largest absolute Gasteiger partial charge is 0.497 e. The Morgan fingerprint density at radius 1 is 1.15 bits per heavy atom. The van der Waals surface area contributed by atoms with E-state index in [1.54, 1.807) is 24.5 Å². The van der Waals surface area contributed by atoms with Gasteiger partial charge in [-0.1, -0.05) is 24.3 Å². The zero-order valence-corrected chi connectivity index (χ0v) is 16.1. The number of thiazole rings is 1. The van der Waals surface area contributed by atoms with Crippen molar-refractivity contribution >= 4 is 27.5 Å². The van der Waals surface area contributed by atoms with Crippen LogP contribution in [0.2, 0.25) is 0 Å². The van der Waals surface area contributed by atoms with E-state index >= 15 is 0 Å². The summed E-state index contributed by atoms with van der Waals surface area (Å²) in [6, 6.07) is 15.3. The van der Waals surface area contributed by atoms with Crippen molar-refractivity contribution in [1.82, 2.24) is 10.3 Å². The van der Waals surface area contributed by atoms with E-state index in [4.69, 9.17) is 9.47 Å². The third kappa shape index (κ3) is 3.71. The van der Waals surface area contributed by atoms with Crippen LogP contribution in [-0.2, 0) is 15.1 Å². The fourth-order valence-corrected chi connectivity index (χ4v) is 3.79. The molecule has 3 aromatic rings. The van der Waals surface area contributed by atoms with Crippen molar-refractivity contribution in [3.05, 3.63) is 59.1 Å². The first-order chi connectivity index (χ1) is 12.4. The lowest BCUT2D eigenvalue weighted by Gasteiger charge is -2.26. The molecule has 1 heterocycles. The third-order valence-electron chi connectivity index (χ3n) is 4.13. The van der Waals surface area contributed by atoms with E-state index in [0.717, 1.165) is 20.8 Å². The third-order valence-corrected chi connectivity index (χ3v) is 5.49. The SMILES string of the molecule is COc1cccc(C(OC)C(=O)NC(C)(C)c2nc3ccccc3s2)c1. The number of rotatable bonds is 6. The monoisotopic (exact) mass is 370 g/mol. The lowest BCUT2D eigenvalue weighted by molar-refractivity contribution is -0.133. The van der Waals surface area contributed by atoms with Crippen LogP contribution in [0.25, 0.3) is 10.2 Å². The van der Waals surface area contributed by atoms with Crippen molar-refractivity contribution in [2.75, 3.05) is 14.2 Å². The molecular formula is C20H22N2O3S. The van der Waals surface area contributed by atoms with E-state index in [0.29, 0.717) is 5.75 Å². The van der Waals surface area contributed by atoms with E-state index in [1.165, 1.54) is 7.11 Å². The number of nitrogens with zero attached hydrogens (tertiary/aromatic N) is 1. The standard InChI is InChI=1S/C20H22N2O3S/c1-20(2,19-21-15-10-5-6-11-16(15)26-19)22-18(23)17(25-4)13-8-7-9-14(12-13)24-3/h5-12,17H,1-4H3,(H,22,23). The molecule has 6 heteroatoms. The molecule has 2 aromatic carbocycles. The molecule has 0 saturated carbocycles. The first-order valence-corrected chi connectivity index (χ1v) is 9.11. The molecule has 0 aliphatic heterocycles. The Kier molecular flexibility index (Phi) is 5.25. The van der Waals surface area contributed by atoms with Crippen molar-refractivity contribution in [2.45, 2.75) is 25.5 Å². The Hall–Kier alpha value is -2.44. The van der Waals surface area contributed by atoms with Crippen molar-refractivity contribution in [2.24, 2.45) is 0 Å². The molecule has 1 atom stereocenters. The van der Waals surface area contributed by atoms with Gasteiger partial charge in [0.2, 0.25) is 0 Å². The Balaban J connectivity index is 1.83. The molecule has 0 fully saturated rings.